The van der Waals surface area contributed by atoms with Gasteiger partial charge >= 0.3 is 18.2 Å². The van der Waals surface area contributed by atoms with Crippen LogP contribution in [0.3, 0.4) is 0 Å². The first kappa shape index (κ1) is 28.4. The van der Waals surface area contributed by atoms with Gasteiger partial charge < -0.3 is 40.0 Å². The van der Waals surface area contributed by atoms with Crippen molar-refractivity contribution in [3.8, 4) is 0 Å². The van der Waals surface area contributed by atoms with Gasteiger partial charge in [-0.3, -0.25) is 0 Å². The Morgan fingerprint density at radius 1 is 1.15 bits per heavy atom. The first-order chi connectivity index (χ1) is 15.0. The molecule has 1 heterocycles. The van der Waals surface area contributed by atoms with E-state index in [1.807, 2.05) is 0 Å². The van der Waals surface area contributed by atoms with Crippen molar-refractivity contribution < 1.29 is 49.0 Å². The summed E-state index contributed by atoms with van der Waals surface area (Å²) >= 11 is 0. The molecule has 0 radical (unpaired) electrons. The fourth-order valence-electron chi connectivity index (χ4n) is 2.67. The second-order valence-corrected chi connectivity index (χ2v) is 9.45. The van der Waals surface area contributed by atoms with Crippen LogP contribution in [-0.4, -0.2) is 92.4 Å². The van der Waals surface area contributed by atoms with Crippen LogP contribution >= 0.6 is 0 Å². The maximum Gasteiger partial charge on any atom is 0.426 e. The van der Waals surface area contributed by atoms with E-state index in [9.17, 15) is 29.7 Å². The van der Waals surface area contributed by atoms with Gasteiger partial charge in [-0.25, -0.2) is 24.8 Å². The molecule has 1 rings (SSSR count). The van der Waals surface area contributed by atoms with Crippen LogP contribution < -0.4 is 10.7 Å². The predicted octanol–water partition coefficient (Wildman–Crippen LogP) is 0.0504. The number of nitrogens with zero attached hydrogens (tertiary/aromatic N) is 1. The topological polar surface area (TPSA) is 187 Å². The van der Waals surface area contributed by atoms with E-state index >= 15 is 0 Å². The molecule has 0 bridgehead atoms. The Morgan fingerprint density at radius 3 is 2.21 bits per heavy atom. The lowest BCUT2D eigenvalue weighted by atomic mass is 9.98. The van der Waals surface area contributed by atoms with Crippen LogP contribution in [0.15, 0.2) is 11.8 Å². The van der Waals surface area contributed by atoms with Crippen molar-refractivity contribution in [2.24, 2.45) is 0 Å². The van der Waals surface area contributed by atoms with E-state index in [-0.39, 0.29) is 6.42 Å². The molecule has 190 valence electrons. The van der Waals surface area contributed by atoms with E-state index in [4.69, 9.17) is 19.3 Å². The predicted molar refractivity (Wildman–Crippen MR) is 114 cm³/mol. The van der Waals surface area contributed by atoms with Crippen LogP contribution in [0.1, 0.15) is 48.0 Å². The van der Waals surface area contributed by atoms with E-state index in [1.54, 1.807) is 41.5 Å². The maximum atomic E-state index is 12.7. The first-order valence-corrected chi connectivity index (χ1v) is 10.3. The molecule has 13 nitrogen and oxygen atoms in total. The SMILES string of the molecule is CC(C)(C)OC(=O)NCN(N[C@H]1C=C(C(=O)O)O[C@@H]([C@H](O)[C@H](O)CO)C1)C(=O)OC(C)(C)C. The summed E-state index contributed by atoms with van der Waals surface area (Å²) in [5.41, 5.74) is 1.09. The molecule has 0 aromatic rings. The summed E-state index contributed by atoms with van der Waals surface area (Å²) in [5, 5.41) is 41.6. The number of alkyl carbamates (subject to hydrolysis) is 1. The molecule has 2 amide bonds. The molecule has 6 N–H and O–H groups in total. The zero-order chi connectivity index (χ0) is 25.6. The fraction of sp³-hybridized carbons (Fsp3) is 0.750. The number of amides is 2. The Morgan fingerprint density at radius 2 is 1.73 bits per heavy atom. The highest BCUT2D eigenvalue weighted by Crippen LogP contribution is 2.22. The zero-order valence-electron chi connectivity index (χ0n) is 19.7. The summed E-state index contributed by atoms with van der Waals surface area (Å²) in [6.45, 7) is 8.77. The van der Waals surface area contributed by atoms with Gasteiger partial charge in [0.2, 0.25) is 5.76 Å². The Hall–Kier alpha value is -2.61. The minimum Gasteiger partial charge on any atom is -0.480 e. The van der Waals surface area contributed by atoms with Gasteiger partial charge in [0.1, 0.15) is 36.2 Å². The number of carboxylic acid groups (broad SMARTS) is 1. The van der Waals surface area contributed by atoms with Gasteiger partial charge in [0, 0.05) is 6.42 Å². The van der Waals surface area contributed by atoms with E-state index in [2.05, 4.69) is 10.7 Å². The van der Waals surface area contributed by atoms with Crippen LogP contribution in [0, 0.1) is 0 Å². The average molecular weight is 478 g/mol. The van der Waals surface area contributed by atoms with Crippen LogP contribution in [0.25, 0.3) is 0 Å². The van der Waals surface area contributed by atoms with Crippen molar-refractivity contribution >= 4 is 18.2 Å². The van der Waals surface area contributed by atoms with E-state index in [1.165, 1.54) is 6.08 Å². The van der Waals surface area contributed by atoms with Crippen molar-refractivity contribution in [2.75, 3.05) is 13.3 Å². The Balaban J connectivity index is 3.06. The summed E-state index contributed by atoms with van der Waals surface area (Å²) in [7, 11) is 0. The van der Waals surface area contributed by atoms with Gasteiger partial charge in [0.15, 0.2) is 0 Å². The smallest absolute Gasteiger partial charge is 0.426 e. The molecule has 0 fully saturated rings. The van der Waals surface area contributed by atoms with Crippen molar-refractivity contribution in [1.82, 2.24) is 15.8 Å². The largest absolute Gasteiger partial charge is 0.480 e. The molecule has 4 atom stereocenters. The van der Waals surface area contributed by atoms with Crippen LogP contribution in [0.2, 0.25) is 0 Å². The number of carbonyl (C=O) groups is 3. The van der Waals surface area contributed by atoms with E-state index in [0.29, 0.717) is 0 Å². The number of aliphatic hydroxyl groups is 3. The number of carbonyl (C=O) groups excluding carboxylic acids is 2. The first-order valence-electron chi connectivity index (χ1n) is 10.3. The zero-order valence-corrected chi connectivity index (χ0v) is 19.7. The highest BCUT2D eigenvalue weighted by atomic mass is 16.6. The number of hydrogen-bond donors (Lipinski definition) is 6. The summed E-state index contributed by atoms with van der Waals surface area (Å²) in [4.78, 5) is 36.2. The van der Waals surface area contributed by atoms with Crippen LogP contribution in [-0.2, 0) is 19.0 Å². The van der Waals surface area contributed by atoms with Gasteiger partial charge in [-0.2, -0.15) is 0 Å². The second-order valence-electron chi connectivity index (χ2n) is 9.45. The number of aliphatic hydroxyl groups excluding tert-OH is 3. The van der Waals surface area contributed by atoms with E-state index in [0.717, 1.165) is 5.01 Å². The monoisotopic (exact) mass is 477 g/mol. The lowest BCUT2D eigenvalue weighted by Gasteiger charge is -2.36. The number of hydrazine groups is 1. The molecule has 0 unspecified atom stereocenters. The Bertz CT molecular complexity index is 729. The van der Waals surface area contributed by atoms with Crippen molar-refractivity contribution in [1.29, 1.82) is 0 Å². The van der Waals surface area contributed by atoms with Crippen molar-refractivity contribution in [2.45, 2.75) is 83.5 Å². The van der Waals surface area contributed by atoms with Crippen molar-refractivity contribution in [3.05, 3.63) is 11.8 Å². The fourth-order valence-corrected chi connectivity index (χ4v) is 2.67. The van der Waals surface area contributed by atoms with Crippen molar-refractivity contribution in [3.63, 3.8) is 0 Å². The Labute approximate surface area is 192 Å². The van der Waals surface area contributed by atoms with Gasteiger partial charge in [-0.05, 0) is 47.6 Å². The molecule has 0 aliphatic carbocycles. The average Bonchev–Trinajstić information content (AvgIpc) is 2.66. The third kappa shape index (κ3) is 10.2. The molecule has 13 heteroatoms. The third-order valence-corrected chi connectivity index (χ3v) is 4.01. The minimum absolute atomic E-state index is 0.0826. The quantitative estimate of drug-likeness (QED) is 0.205. The molecule has 1 aliphatic rings. The van der Waals surface area contributed by atoms with E-state index < -0.39 is 72.7 Å². The molecular weight excluding hydrogens is 442 g/mol. The molecular formula is C20H35N3O10. The number of aliphatic carboxylic acids is 1. The minimum atomic E-state index is -1.60. The van der Waals surface area contributed by atoms with Crippen LogP contribution in [0.5, 0.6) is 0 Å². The normalized spacial score (nSPS) is 20.6. The van der Waals surface area contributed by atoms with Gasteiger partial charge in [-0.1, -0.05) is 0 Å². The standard InChI is InChI=1S/C20H35N3O10/c1-19(2,3)32-17(29)21-10-23(18(30)33-20(4,5)6)22-11-7-13(15(26)12(25)9-24)31-14(8-11)16(27)28/h8,11-13,15,22,24-26H,7,9-10H2,1-6H3,(H,21,29)(H,27,28)/t11-,12-,13-,15-/m1/s1. The lowest BCUT2D eigenvalue weighted by Crippen LogP contribution is -2.56. The third-order valence-electron chi connectivity index (χ3n) is 4.01. The number of rotatable bonds is 8. The number of carboxylic acids is 1. The molecule has 0 aromatic carbocycles. The maximum absolute atomic E-state index is 12.7. The molecule has 0 saturated heterocycles. The summed E-state index contributed by atoms with van der Waals surface area (Å²) in [5.74, 6) is -1.97. The molecule has 0 spiro atoms. The highest BCUT2D eigenvalue weighted by molar-refractivity contribution is 5.84. The lowest BCUT2D eigenvalue weighted by molar-refractivity contribution is -0.143. The highest BCUT2D eigenvalue weighted by Gasteiger charge is 2.36. The molecule has 0 aromatic heterocycles. The second kappa shape index (κ2) is 11.5. The number of nitrogens with one attached hydrogen (secondary N) is 2. The van der Waals surface area contributed by atoms with Gasteiger partial charge in [0.05, 0.1) is 12.6 Å². The summed E-state index contributed by atoms with van der Waals surface area (Å²) in [6.07, 6.45) is -4.96. The number of ether oxygens (including phenoxy) is 3. The molecule has 1 aliphatic heterocycles. The Kier molecular flexibility index (Phi) is 9.90. The van der Waals surface area contributed by atoms with Gasteiger partial charge in [0.25, 0.3) is 0 Å². The molecule has 33 heavy (non-hydrogen) atoms. The summed E-state index contributed by atoms with van der Waals surface area (Å²) in [6, 6.07) is -0.886. The number of hydrogen-bond acceptors (Lipinski definition) is 10. The molecule has 0 saturated carbocycles. The van der Waals surface area contributed by atoms with Gasteiger partial charge in [-0.15, -0.1) is 0 Å². The summed E-state index contributed by atoms with van der Waals surface area (Å²) < 4.78 is 15.7. The van der Waals surface area contributed by atoms with Crippen LogP contribution in [0.4, 0.5) is 9.59 Å².